The first-order valence-electron chi connectivity index (χ1n) is 19.6. The monoisotopic (exact) mass is 748 g/mol. The van der Waals surface area contributed by atoms with Crippen molar-refractivity contribution in [2.24, 2.45) is 5.92 Å². The van der Waals surface area contributed by atoms with Gasteiger partial charge in [0, 0.05) is 16.0 Å². The minimum absolute atomic E-state index is 0.0391. The molecule has 290 valence electrons. The van der Waals surface area contributed by atoms with Crippen LogP contribution in [0.1, 0.15) is 109 Å². The maximum atomic E-state index is 7.86. The molecule has 5 aliphatic heterocycles. The molecule has 0 aliphatic carbocycles. The van der Waals surface area contributed by atoms with E-state index in [2.05, 4.69) is 95.2 Å². The standard InChI is InChI=1S/C40H68O9Si2/c1-24(2)50(25(3)4,26(5)6)48-36-33-31(23-43-51(49-33,38(7,8)9)39(10,11)12)44-34-32(46-40(13,14)47-35(34)36)28-20-29(37-42-22-30(28)45-37)41-21-27-18-16-15-17-19-27/h15-19,24-26,28-37H,20-23H2,1-14H3/t28-,29+,30+,31+,32-,33+,34-,35-,36-,37+/m0/s1. The minimum Gasteiger partial charge on any atom is -0.408 e. The van der Waals surface area contributed by atoms with Crippen molar-refractivity contribution in [2.45, 2.75) is 198 Å². The van der Waals surface area contributed by atoms with E-state index in [4.69, 9.17) is 41.7 Å². The highest BCUT2D eigenvalue weighted by Crippen LogP contribution is 2.57. The zero-order valence-corrected chi connectivity index (χ0v) is 35.9. The fraction of sp³-hybridized carbons (Fsp3) is 0.850. The van der Waals surface area contributed by atoms with Crippen molar-refractivity contribution in [2.75, 3.05) is 13.2 Å². The highest BCUT2D eigenvalue weighted by Gasteiger charge is 2.68. The van der Waals surface area contributed by atoms with Crippen LogP contribution in [0.15, 0.2) is 30.3 Å². The van der Waals surface area contributed by atoms with Gasteiger partial charge >= 0.3 is 8.56 Å². The zero-order chi connectivity index (χ0) is 37.3. The summed E-state index contributed by atoms with van der Waals surface area (Å²) >= 11 is 0. The molecule has 0 aromatic heterocycles. The third-order valence-corrected chi connectivity index (χ3v) is 23.6. The fourth-order valence-electron chi connectivity index (χ4n) is 10.5. The molecule has 0 saturated carbocycles. The summed E-state index contributed by atoms with van der Waals surface area (Å²) in [6.07, 6.45) is -2.26. The Morgan fingerprint density at radius 3 is 1.98 bits per heavy atom. The van der Waals surface area contributed by atoms with Gasteiger partial charge in [0.25, 0.3) is 0 Å². The van der Waals surface area contributed by atoms with Crippen molar-refractivity contribution in [3.8, 4) is 0 Å². The summed E-state index contributed by atoms with van der Waals surface area (Å²) in [7, 11) is -5.30. The van der Waals surface area contributed by atoms with E-state index in [1.807, 2.05) is 32.0 Å². The largest absolute Gasteiger partial charge is 0.408 e. The quantitative estimate of drug-likeness (QED) is 0.231. The van der Waals surface area contributed by atoms with Gasteiger partial charge in [0.05, 0.1) is 32.0 Å². The second kappa shape index (κ2) is 14.4. The van der Waals surface area contributed by atoms with Crippen molar-refractivity contribution in [1.82, 2.24) is 0 Å². The lowest BCUT2D eigenvalue weighted by atomic mass is 9.80. The van der Waals surface area contributed by atoms with Crippen molar-refractivity contribution in [1.29, 1.82) is 0 Å². The maximum absolute atomic E-state index is 7.86. The third kappa shape index (κ3) is 7.25. The van der Waals surface area contributed by atoms with Gasteiger partial charge in [0.2, 0.25) is 8.32 Å². The summed E-state index contributed by atoms with van der Waals surface area (Å²) in [5.74, 6) is -0.936. The highest BCUT2D eigenvalue weighted by atomic mass is 28.4. The van der Waals surface area contributed by atoms with Crippen LogP contribution in [0.2, 0.25) is 26.7 Å². The van der Waals surface area contributed by atoms with Crippen LogP contribution >= 0.6 is 0 Å². The highest BCUT2D eigenvalue weighted by molar-refractivity contribution is 6.77. The second-order valence-corrected chi connectivity index (χ2v) is 29.4. The van der Waals surface area contributed by atoms with E-state index in [-0.39, 0.29) is 52.6 Å². The molecule has 0 N–H and O–H groups in total. The van der Waals surface area contributed by atoms with Gasteiger partial charge in [-0.1, -0.05) is 113 Å². The van der Waals surface area contributed by atoms with E-state index in [1.165, 1.54) is 0 Å². The molecule has 10 atom stereocenters. The van der Waals surface area contributed by atoms with Crippen LogP contribution in [0.3, 0.4) is 0 Å². The van der Waals surface area contributed by atoms with Crippen LogP contribution in [-0.4, -0.2) is 91.0 Å². The van der Waals surface area contributed by atoms with Crippen LogP contribution in [0.25, 0.3) is 0 Å². The Kier molecular flexibility index (Phi) is 11.3. The Morgan fingerprint density at radius 1 is 0.784 bits per heavy atom. The zero-order valence-electron chi connectivity index (χ0n) is 33.9. The van der Waals surface area contributed by atoms with E-state index in [0.29, 0.717) is 36.4 Å². The first-order chi connectivity index (χ1) is 23.7. The van der Waals surface area contributed by atoms with E-state index >= 15 is 0 Å². The molecule has 5 heterocycles. The SMILES string of the molecule is CC(C)[Si](O[C@@H]1[C@H]2OC(C)(C)O[C@@H]([C@H]3C[C@@H](OCc4ccccc4)[C@@H]4OC[C@H]3O4)[C@@H]2O[C@@H]2CO[Si](C(C)(C)C)(C(C)(C)C)O[C@@H]12)(C(C)C)C(C)C. The molecule has 9 nitrogen and oxygen atoms in total. The summed E-state index contributed by atoms with van der Waals surface area (Å²) in [4.78, 5) is 0. The van der Waals surface area contributed by atoms with E-state index in [0.717, 1.165) is 12.0 Å². The summed E-state index contributed by atoms with van der Waals surface area (Å²) in [6, 6.07) is 10.3. The summed E-state index contributed by atoms with van der Waals surface area (Å²) < 4.78 is 62.8. The van der Waals surface area contributed by atoms with Gasteiger partial charge in [0.15, 0.2) is 12.1 Å². The smallest absolute Gasteiger partial charge is 0.349 e. The normalized spacial score (nSPS) is 36.7. The Morgan fingerprint density at radius 2 is 1.39 bits per heavy atom. The van der Waals surface area contributed by atoms with Gasteiger partial charge in [-0.3, -0.25) is 0 Å². The molecule has 1 aromatic carbocycles. The molecule has 1 aromatic rings. The molecule has 5 aliphatic rings. The molecule has 0 amide bonds. The average Bonchev–Trinajstić information content (AvgIpc) is 3.44. The van der Waals surface area contributed by atoms with E-state index < -0.39 is 41.2 Å². The Bertz CT molecular complexity index is 1290. The Hall–Kier alpha value is -0.706. The molecule has 6 rings (SSSR count). The predicted octanol–water partition coefficient (Wildman–Crippen LogP) is 8.64. The number of fused-ring (bicyclic) bond motifs is 4. The van der Waals surface area contributed by atoms with Crippen LogP contribution in [0.4, 0.5) is 0 Å². The fourth-order valence-corrected chi connectivity index (χ4v) is 21.0. The molecule has 0 radical (unpaired) electrons. The second-order valence-electron chi connectivity index (χ2n) is 19.2. The number of ether oxygens (including phenoxy) is 6. The molecule has 0 unspecified atom stereocenters. The average molecular weight is 749 g/mol. The van der Waals surface area contributed by atoms with Gasteiger partial charge in [-0.2, -0.15) is 0 Å². The van der Waals surface area contributed by atoms with Crippen LogP contribution in [0, 0.1) is 5.92 Å². The first kappa shape index (κ1) is 40.0. The van der Waals surface area contributed by atoms with Crippen molar-refractivity contribution < 1.29 is 41.7 Å². The molecule has 51 heavy (non-hydrogen) atoms. The van der Waals surface area contributed by atoms with Gasteiger partial charge in [-0.05, 0) is 42.5 Å². The van der Waals surface area contributed by atoms with Gasteiger partial charge < -0.3 is 41.7 Å². The summed E-state index contributed by atoms with van der Waals surface area (Å²) in [5, 5.41) is -0.377. The van der Waals surface area contributed by atoms with Crippen LogP contribution in [0.5, 0.6) is 0 Å². The molecule has 5 fully saturated rings. The molecule has 0 spiro atoms. The lowest BCUT2D eigenvalue weighted by molar-refractivity contribution is -0.393. The molecule has 11 heteroatoms. The molecule has 5 saturated heterocycles. The predicted molar refractivity (Wildman–Crippen MR) is 202 cm³/mol. The third-order valence-electron chi connectivity index (χ3n) is 12.4. The molecular formula is C40H68O9Si2. The number of hydrogen-bond acceptors (Lipinski definition) is 9. The Labute approximate surface area is 310 Å². The number of benzene rings is 1. The number of hydrogen-bond donors (Lipinski definition) is 0. The lowest BCUT2D eigenvalue weighted by Gasteiger charge is -2.62. The lowest BCUT2D eigenvalue weighted by Crippen LogP contribution is -2.76. The topological polar surface area (TPSA) is 83.1 Å². The van der Waals surface area contributed by atoms with Crippen molar-refractivity contribution in [3.63, 3.8) is 0 Å². The van der Waals surface area contributed by atoms with Gasteiger partial charge in [0.1, 0.15) is 36.6 Å². The van der Waals surface area contributed by atoms with E-state index in [1.54, 1.807) is 0 Å². The number of rotatable bonds is 9. The minimum atomic E-state index is -2.88. The molecule has 2 bridgehead atoms. The van der Waals surface area contributed by atoms with Crippen molar-refractivity contribution in [3.05, 3.63) is 35.9 Å². The van der Waals surface area contributed by atoms with Gasteiger partial charge in [-0.15, -0.1) is 0 Å². The first-order valence-corrected chi connectivity index (χ1v) is 23.6. The van der Waals surface area contributed by atoms with Crippen molar-refractivity contribution >= 4 is 16.9 Å². The van der Waals surface area contributed by atoms with E-state index in [9.17, 15) is 0 Å². The summed E-state index contributed by atoms with van der Waals surface area (Å²) in [6.45, 7) is 33.1. The summed E-state index contributed by atoms with van der Waals surface area (Å²) in [5.41, 5.74) is 2.27. The Balaban J connectivity index is 1.39. The molecular weight excluding hydrogens is 681 g/mol. The van der Waals surface area contributed by atoms with Crippen LogP contribution < -0.4 is 0 Å². The van der Waals surface area contributed by atoms with Gasteiger partial charge in [-0.25, -0.2) is 0 Å². The maximum Gasteiger partial charge on any atom is 0.349 e. The van der Waals surface area contributed by atoms with Crippen LogP contribution in [-0.2, 0) is 48.3 Å².